The minimum absolute atomic E-state index is 0.688. The van der Waals surface area contributed by atoms with Gasteiger partial charge >= 0.3 is 0 Å². The van der Waals surface area contributed by atoms with Gasteiger partial charge in [0.2, 0.25) is 0 Å². The van der Waals surface area contributed by atoms with Crippen molar-refractivity contribution in [2.45, 2.75) is 26.8 Å². The van der Waals surface area contributed by atoms with Gasteiger partial charge in [-0.1, -0.05) is 61.0 Å². The highest BCUT2D eigenvalue weighted by Gasteiger charge is 2.12. The van der Waals surface area contributed by atoms with Gasteiger partial charge in [-0.25, -0.2) is 4.98 Å². The molecule has 0 saturated heterocycles. The topological polar surface area (TPSA) is 42.2 Å². The molecule has 4 rings (SSSR count). The Morgan fingerprint density at radius 3 is 2.52 bits per heavy atom. The van der Waals surface area contributed by atoms with Gasteiger partial charge in [0, 0.05) is 28.8 Å². The van der Waals surface area contributed by atoms with E-state index in [1.807, 2.05) is 48.0 Å². The molecule has 0 bridgehead atoms. The number of aryl methyl sites for hydroxylation is 2. The molecule has 0 aliphatic carbocycles. The van der Waals surface area contributed by atoms with Crippen molar-refractivity contribution in [1.82, 2.24) is 14.6 Å². The van der Waals surface area contributed by atoms with Gasteiger partial charge < -0.3 is 5.32 Å². The van der Waals surface area contributed by atoms with Gasteiger partial charge in [0.25, 0.3) is 0 Å². The first-order chi connectivity index (χ1) is 13.2. The van der Waals surface area contributed by atoms with Crippen LogP contribution in [0.15, 0.2) is 60.8 Å². The lowest BCUT2D eigenvalue weighted by atomic mass is 10.1. The first-order valence-electron chi connectivity index (χ1n) is 9.07. The molecule has 27 heavy (non-hydrogen) atoms. The van der Waals surface area contributed by atoms with Gasteiger partial charge in [-0.3, -0.25) is 0 Å². The van der Waals surface area contributed by atoms with E-state index >= 15 is 0 Å². The van der Waals surface area contributed by atoms with E-state index in [9.17, 15) is 0 Å². The maximum absolute atomic E-state index is 6.39. The third-order valence-electron chi connectivity index (χ3n) is 4.70. The number of anilines is 1. The summed E-state index contributed by atoms with van der Waals surface area (Å²) < 4.78 is 1.84. The van der Waals surface area contributed by atoms with Crippen LogP contribution in [-0.2, 0) is 13.0 Å². The van der Waals surface area contributed by atoms with Crippen LogP contribution in [0.3, 0.4) is 0 Å². The predicted octanol–water partition coefficient (Wildman–Crippen LogP) is 5.53. The fourth-order valence-electron chi connectivity index (χ4n) is 3.09. The Balaban J connectivity index is 1.71. The van der Waals surface area contributed by atoms with Crippen molar-refractivity contribution in [2.24, 2.45) is 0 Å². The molecule has 2 heterocycles. The van der Waals surface area contributed by atoms with E-state index in [1.54, 1.807) is 0 Å². The van der Waals surface area contributed by atoms with E-state index in [2.05, 4.69) is 41.6 Å². The van der Waals surface area contributed by atoms with Crippen molar-refractivity contribution in [3.63, 3.8) is 0 Å². The first-order valence-corrected chi connectivity index (χ1v) is 9.45. The molecule has 0 saturated carbocycles. The van der Waals surface area contributed by atoms with Gasteiger partial charge in [-0.2, -0.15) is 9.61 Å². The monoisotopic (exact) mass is 376 g/mol. The summed E-state index contributed by atoms with van der Waals surface area (Å²) in [6.07, 6.45) is 2.88. The fourth-order valence-corrected chi connectivity index (χ4v) is 3.32. The number of benzene rings is 2. The van der Waals surface area contributed by atoms with Crippen molar-refractivity contribution in [2.75, 3.05) is 5.32 Å². The van der Waals surface area contributed by atoms with Crippen LogP contribution in [0.5, 0.6) is 0 Å². The van der Waals surface area contributed by atoms with Crippen molar-refractivity contribution in [3.05, 3.63) is 82.5 Å². The SMILES string of the molecule is CCc1ccc(CNc2cc(-c3ccccc3Cl)nc3c(C)cnn23)cc1. The van der Waals surface area contributed by atoms with Gasteiger partial charge in [0.1, 0.15) is 5.82 Å². The third kappa shape index (κ3) is 3.53. The van der Waals surface area contributed by atoms with E-state index < -0.39 is 0 Å². The molecular weight excluding hydrogens is 356 g/mol. The van der Waals surface area contributed by atoms with Gasteiger partial charge in [0.15, 0.2) is 5.65 Å². The zero-order valence-electron chi connectivity index (χ0n) is 15.4. The van der Waals surface area contributed by atoms with Gasteiger partial charge in [0.05, 0.1) is 11.9 Å². The Hall–Kier alpha value is -2.85. The number of hydrogen-bond donors (Lipinski definition) is 1. The number of nitrogens with one attached hydrogen (secondary N) is 1. The number of halogens is 1. The van der Waals surface area contributed by atoms with Crippen molar-refractivity contribution in [3.8, 4) is 11.3 Å². The molecule has 2 aromatic carbocycles. The minimum atomic E-state index is 0.688. The number of rotatable bonds is 5. The van der Waals surface area contributed by atoms with Crippen molar-refractivity contribution >= 4 is 23.1 Å². The third-order valence-corrected chi connectivity index (χ3v) is 5.03. The quantitative estimate of drug-likeness (QED) is 0.497. The normalized spacial score (nSPS) is 11.1. The van der Waals surface area contributed by atoms with E-state index in [4.69, 9.17) is 16.6 Å². The maximum atomic E-state index is 6.39. The molecule has 0 unspecified atom stereocenters. The average molecular weight is 377 g/mol. The summed E-state index contributed by atoms with van der Waals surface area (Å²) in [7, 11) is 0. The Kier molecular flexibility index (Phi) is 4.82. The lowest BCUT2D eigenvalue weighted by Gasteiger charge is -2.12. The van der Waals surface area contributed by atoms with Crippen LogP contribution in [0.4, 0.5) is 5.82 Å². The van der Waals surface area contributed by atoms with Crippen LogP contribution in [0.25, 0.3) is 16.9 Å². The highest BCUT2D eigenvalue weighted by Crippen LogP contribution is 2.29. The second-order valence-corrected chi connectivity index (χ2v) is 7.00. The summed E-state index contributed by atoms with van der Waals surface area (Å²) in [6.45, 7) is 4.89. The van der Waals surface area contributed by atoms with Crippen LogP contribution in [0, 0.1) is 6.92 Å². The molecule has 0 aliphatic rings. The molecule has 0 atom stereocenters. The average Bonchev–Trinajstić information content (AvgIpc) is 3.08. The highest BCUT2D eigenvalue weighted by atomic mass is 35.5. The van der Waals surface area contributed by atoms with Crippen LogP contribution in [0.1, 0.15) is 23.6 Å². The summed E-state index contributed by atoms with van der Waals surface area (Å²) in [5.41, 5.74) is 6.17. The zero-order chi connectivity index (χ0) is 18.8. The lowest BCUT2D eigenvalue weighted by molar-refractivity contribution is 0.926. The molecule has 5 heteroatoms. The van der Waals surface area contributed by atoms with E-state index in [0.29, 0.717) is 11.6 Å². The van der Waals surface area contributed by atoms with Crippen LogP contribution >= 0.6 is 11.6 Å². The summed E-state index contributed by atoms with van der Waals surface area (Å²) in [5, 5.41) is 8.66. The van der Waals surface area contributed by atoms with E-state index in [1.165, 1.54) is 11.1 Å². The standard InChI is InChI=1S/C22H21ClN4/c1-3-16-8-10-17(11-9-16)14-24-21-12-20(18-6-4-5-7-19(18)23)26-22-15(2)13-25-27(21)22/h4-13,24H,3,14H2,1-2H3. The fraction of sp³-hybridized carbons (Fsp3) is 0.182. The largest absolute Gasteiger partial charge is 0.366 e. The van der Waals surface area contributed by atoms with Crippen LogP contribution < -0.4 is 5.32 Å². The summed E-state index contributed by atoms with van der Waals surface area (Å²) in [4.78, 5) is 4.78. The minimum Gasteiger partial charge on any atom is -0.366 e. The zero-order valence-corrected chi connectivity index (χ0v) is 16.2. The summed E-state index contributed by atoms with van der Waals surface area (Å²) in [6, 6.07) is 18.4. The van der Waals surface area contributed by atoms with Crippen molar-refractivity contribution in [1.29, 1.82) is 0 Å². The smallest absolute Gasteiger partial charge is 0.160 e. The molecule has 0 fully saturated rings. The highest BCUT2D eigenvalue weighted by molar-refractivity contribution is 6.33. The van der Waals surface area contributed by atoms with Gasteiger partial charge in [-0.05, 0) is 30.5 Å². The maximum Gasteiger partial charge on any atom is 0.160 e. The Labute approximate surface area is 163 Å². The molecule has 0 spiro atoms. The second-order valence-electron chi connectivity index (χ2n) is 6.59. The van der Waals surface area contributed by atoms with Crippen molar-refractivity contribution < 1.29 is 0 Å². The van der Waals surface area contributed by atoms with E-state index in [0.717, 1.165) is 34.7 Å². The van der Waals surface area contributed by atoms with Crippen LogP contribution in [0.2, 0.25) is 5.02 Å². The lowest BCUT2D eigenvalue weighted by Crippen LogP contribution is -2.07. The molecule has 4 aromatic rings. The summed E-state index contributed by atoms with van der Waals surface area (Å²) >= 11 is 6.39. The van der Waals surface area contributed by atoms with Crippen LogP contribution in [-0.4, -0.2) is 14.6 Å². The summed E-state index contributed by atoms with van der Waals surface area (Å²) in [5.74, 6) is 0.891. The van der Waals surface area contributed by atoms with Gasteiger partial charge in [-0.15, -0.1) is 0 Å². The Morgan fingerprint density at radius 2 is 1.78 bits per heavy atom. The second kappa shape index (κ2) is 7.41. The molecular formula is C22H21ClN4. The molecule has 136 valence electrons. The number of fused-ring (bicyclic) bond motifs is 1. The molecule has 0 amide bonds. The number of nitrogens with zero attached hydrogens (tertiary/aromatic N) is 3. The first kappa shape index (κ1) is 17.6. The van der Waals surface area contributed by atoms with E-state index in [-0.39, 0.29) is 0 Å². The number of hydrogen-bond acceptors (Lipinski definition) is 3. The Bertz CT molecular complexity index is 1080. The predicted molar refractivity (Wildman–Crippen MR) is 111 cm³/mol. The number of aromatic nitrogens is 3. The molecule has 4 nitrogen and oxygen atoms in total. The Morgan fingerprint density at radius 1 is 1.04 bits per heavy atom. The molecule has 0 radical (unpaired) electrons. The molecule has 2 aromatic heterocycles. The molecule has 0 aliphatic heterocycles. The molecule has 1 N–H and O–H groups in total.